The number of aromatic nitrogens is 1. The van der Waals surface area contributed by atoms with Crippen molar-refractivity contribution in [3.8, 4) is 5.75 Å². The van der Waals surface area contributed by atoms with Crippen LogP contribution >= 0.6 is 0 Å². The molecule has 0 fully saturated rings. The van der Waals surface area contributed by atoms with Gasteiger partial charge in [-0.25, -0.2) is 4.98 Å². The summed E-state index contributed by atoms with van der Waals surface area (Å²) in [4.78, 5) is 16.9. The van der Waals surface area contributed by atoms with Crippen molar-refractivity contribution in [3.05, 3.63) is 71.9 Å². The first-order valence-electron chi connectivity index (χ1n) is 7.48. The Hall–Kier alpha value is -2.88. The number of para-hydroxylation sites is 1. The molecule has 3 rings (SSSR count). The van der Waals surface area contributed by atoms with Crippen LogP contribution in [0.25, 0.3) is 10.9 Å². The van der Waals surface area contributed by atoms with Gasteiger partial charge in [-0.2, -0.15) is 0 Å². The number of methoxy groups -OCH3 is 1. The van der Waals surface area contributed by atoms with E-state index in [1.165, 1.54) is 0 Å². The van der Waals surface area contributed by atoms with Gasteiger partial charge in [0.1, 0.15) is 11.4 Å². The average molecular weight is 308 g/mol. The normalized spacial score (nSPS) is 11.9. The smallest absolute Gasteiger partial charge is 0.270 e. The van der Waals surface area contributed by atoms with Gasteiger partial charge in [-0.15, -0.1) is 0 Å². The molecule has 0 radical (unpaired) electrons. The molecule has 1 amide bonds. The highest BCUT2D eigenvalue weighted by molar-refractivity contribution is 5.97. The SMILES string of the molecule is COc1cc(C(=O)N[C@@H](C)c2ccccc2)nc2ccccc12.[HH]. The molecule has 3 aromatic rings. The van der Waals surface area contributed by atoms with E-state index in [2.05, 4.69) is 10.3 Å². The first kappa shape index (κ1) is 15.0. The average Bonchev–Trinajstić information content (AvgIpc) is 2.61. The van der Waals surface area contributed by atoms with Crippen molar-refractivity contribution >= 4 is 16.8 Å². The predicted octanol–water partition coefficient (Wildman–Crippen LogP) is 3.98. The van der Waals surface area contributed by atoms with Gasteiger partial charge in [0.25, 0.3) is 5.91 Å². The van der Waals surface area contributed by atoms with Gasteiger partial charge in [0.2, 0.25) is 0 Å². The monoisotopic (exact) mass is 308 g/mol. The number of pyridine rings is 1. The fourth-order valence-corrected chi connectivity index (χ4v) is 2.52. The second-order valence-electron chi connectivity index (χ2n) is 5.33. The number of ether oxygens (including phenoxy) is 1. The zero-order chi connectivity index (χ0) is 16.2. The standard InChI is InChI=1S/C19H18N2O2.H2/c1-13(14-8-4-3-5-9-14)20-19(22)17-12-18(23-2)15-10-6-7-11-16(15)21-17;/h3-13H,1-2H3,(H,20,22);1H/t13-;/m0./s1. The minimum Gasteiger partial charge on any atom is -0.496 e. The quantitative estimate of drug-likeness (QED) is 0.793. The Kier molecular flexibility index (Phi) is 4.24. The van der Waals surface area contributed by atoms with E-state index in [0.717, 1.165) is 16.5 Å². The maximum absolute atomic E-state index is 12.5. The van der Waals surface area contributed by atoms with Crippen LogP contribution in [-0.2, 0) is 0 Å². The molecular weight excluding hydrogens is 288 g/mol. The van der Waals surface area contributed by atoms with E-state index in [4.69, 9.17) is 4.74 Å². The van der Waals surface area contributed by atoms with Crippen molar-refractivity contribution in [3.63, 3.8) is 0 Å². The fourth-order valence-electron chi connectivity index (χ4n) is 2.52. The maximum Gasteiger partial charge on any atom is 0.270 e. The highest BCUT2D eigenvalue weighted by atomic mass is 16.5. The Labute approximate surface area is 136 Å². The van der Waals surface area contributed by atoms with Gasteiger partial charge in [-0.1, -0.05) is 42.5 Å². The molecular formula is C19H20N2O2. The summed E-state index contributed by atoms with van der Waals surface area (Å²) in [5.41, 5.74) is 2.14. The van der Waals surface area contributed by atoms with Crippen LogP contribution in [0.5, 0.6) is 5.75 Å². The summed E-state index contributed by atoms with van der Waals surface area (Å²) in [6.45, 7) is 1.95. The summed E-state index contributed by atoms with van der Waals surface area (Å²) in [6.07, 6.45) is 0. The number of carbonyl (C=O) groups is 1. The number of benzene rings is 2. The molecule has 0 unspecified atom stereocenters. The highest BCUT2D eigenvalue weighted by Crippen LogP contribution is 2.25. The molecule has 23 heavy (non-hydrogen) atoms. The first-order valence-corrected chi connectivity index (χ1v) is 7.48. The van der Waals surface area contributed by atoms with Crippen molar-refractivity contribution in [2.45, 2.75) is 13.0 Å². The molecule has 0 bridgehead atoms. The Morgan fingerprint density at radius 1 is 1.13 bits per heavy atom. The van der Waals surface area contributed by atoms with E-state index in [9.17, 15) is 4.79 Å². The molecule has 1 aromatic heterocycles. The van der Waals surface area contributed by atoms with Crippen molar-refractivity contribution in [1.82, 2.24) is 10.3 Å². The number of carbonyl (C=O) groups excluding carboxylic acids is 1. The van der Waals surface area contributed by atoms with E-state index in [0.29, 0.717) is 11.4 Å². The lowest BCUT2D eigenvalue weighted by Crippen LogP contribution is -2.27. The van der Waals surface area contributed by atoms with E-state index < -0.39 is 0 Å². The van der Waals surface area contributed by atoms with Gasteiger partial charge in [-0.05, 0) is 24.6 Å². The molecule has 4 heteroatoms. The number of fused-ring (bicyclic) bond motifs is 1. The van der Waals surface area contributed by atoms with Crippen molar-refractivity contribution in [1.29, 1.82) is 0 Å². The molecule has 118 valence electrons. The largest absolute Gasteiger partial charge is 0.496 e. The molecule has 1 atom stereocenters. The molecule has 4 nitrogen and oxygen atoms in total. The Morgan fingerprint density at radius 2 is 1.83 bits per heavy atom. The molecule has 2 aromatic carbocycles. The molecule has 1 heterocycles. The van der Waals surface area contributed by atoms with Crippen LogP contribution in [0.15, 0.2) is 60.7 Å². The predicted molar refractivity (Wildman–Crippen MR) is 92.7 cm³/mol. The summed E-state index contributed by atoms with van der Waals surface area (Å²) in [5, 5.41) is 3.86. The van der Waals surface area contributed by atoms with Gasteiger partial charge in [0.15, 0.2) is 0 Å². The summed E-state index contributed by atoms with van der Waals surface area (Å²) < 4.78 is 5.39. The zero-order valence-corrected chi connectivity index (χ0v) is 13.1. The van der Waals surface area contributed by atoms with Gasteiger partial charge in [0.05, 0.1) is 18.7 Å². The Morgan fingerprint density at radius 3 is 2.57 bits per heavy atom. The molecule has 0 saturated carbocycles. The Balaban J connectivity index is 0.00000208. The summed E-state index contributed by atoms with van der Waals surface area (Å²) in [5.74, 6) is 0.429. The third kappa shape index (κ3) is 3.16. The van der Waals surface area contributed by atoms with Crippen LogP contribution in [0.4, 0.5) is 0 Å². The first-order chi connectivity index (χ1) is 11.2. The summed E-state index contributed by atoms with van der Waals surface area (Å²) in [6, 6.07) is 19.0. The number of hydrogen-bond donors (Lipinski definition) is 1. The van der Waals surface area contributed by atoms with Crippen LogP contribution in [0.2, 0.25) is 0 Å². The maximum atomic E-state index is 12.5. The van der Waals surface area contributed by atoms with Gasteiger partial charge < -0.3 is 10.1 Å². The van der Waals surface area contributed by atoms with Crippen LogP contribution in [0.3, 0.4) is 0 Å². The second-order valence-corrected chi connectivity index (χ2v) is 5.33. The lowest BCUT2D eigenvalue weighted by Gasteiger charge is -2.15. The molecule has 0 aliphatic heterocycles. The minimum atomic E-state index is -0.217. The molecule has 0 aliphatic carbocycles. The molecule has 0 spiro atoms. The lowest BCUT2D eigenvalue weighted by atomic mass is 10.1. The van der Waals surface area contributed by atoms with E-state index in [1.54, 1.807) is 13.2 Å². The van der Waals surface area contributed by atoms with Gasteiger partial charge in [0, 0.05) is 12.9 Å². The lowest BCUT2D eigenvalue weighted by molar-refractivity contribution is 0.0935. The fraction of sp³-hybridized carbons (Fsp3) is 0.158. The van der Waals surface area contributed by atoms with Crippen LogP contribution in [0.1, 0.15) is 30.4 Å². The topological polar surface area (TPSA) is 51.2 Å². The van der Waals surface area contributed by atoms with Crippen LogP contribution < -0.4 is 10.1 Å². The van der Waals surface area contributed by atoms with Crippen molar-refractivity contribution in [2.75, 3.05) is 7.11 Å². The van der Waals surface area contributed by atoms with E-state index in [-0.39, 0.29) is 13.4 Å². The summed E-state index contributed by atoms with van der Waals surface area (Å²) in [7, 11) is 1.59. The number of rotatable bonds is 4. The van der Waals surface area contributed by atoms with Crippen LogP contribution in [-0.4, -0.2) is 18.0 Å². The minimum absolute atomic E-state index is 0. The van der Waals surface area contributed by atoms with Crippen molar-refractivity contribution in [2.24, 2.45) is 0 Å². The third-order valence-electron chi connectivity index (χ3n) is 3.78. The number of amides is 1. The van der Waals surface area contributed by atoms with Crippen LogP contribution in [0, 0.1) is 0 Å². The third-order valence-corrected chi connectivity index (χ3v) is 3.78. The number of nitrogens with one attached hydrogen (secondary N) is 1. The Bertz CT molecular complexity index is 837. The van der Waals surface area contributed by atoms with E-state index >= 15 is 0 Å². The molecule has 0 saturated heterocycles. The van der Waals surface area contributed by atoms with E-state index in [1.807, 2.05) is 61.5 Å². The number of nitrogens with zero attached hydrogens (tertiary/aromatic N) is 1. The second kappa shape index (κ2) is 6.48. The van der Waals surface area contributed by atoms with Gasteiger partial charge in [-0.3, -0.25) is 4.79 Å². The summed E-state index contributed by atoms with van der Waals surface area (Å²) >= 11 is 0. The highest BCUT2D eigenvalue weighted by Gasteiger charge is 2.15. The number of hydrogen-bond acceptors (Lipinski definition) is 3. The zero-order valence-electron chi connectivity index (χ0n) is 13.1. The van der Waals surface area contributed by atoms with Crippen molar-refractivity contribution < 1.29 is 11.0 Å². The van der Waals surface area contributed by atoms with Gasteiger partial charge >= 0.3 is 0 Å². The molecule has 0 aliphatic rings. The molecule has 1 N–H and O–H groups in total.